The molecule has 1 aliphatic heterocycles. The minimum absolute atomic E-state index is 0.159. The van der Waals surface area contributed by atoms with Crippen molar-refractivity contribution in [1.29, 1.82) is 0 Å². The Morgan fingerprint density at radius 3 is 2.69 bits per heavy atom. The molecule has 0 spiro atoms. The Morgan fingerprint density at radius 1 is 1.19 bits per heavy atom. The number of nitrogens with one attached hydrogen (secondary N) is 1. The third-order valence-corrected chi connectivity index (χ3v) is 5.61. The third-order valence-electron chi connectivity index (χ3n) is 5.61. The second-order valence-corrected chi connectivity index (χ2v) is 9.02. The van der Waals surface area contributed by atoms with Gasteiger partial charge < -0.3 is 14.8 Å². The van der Waals surface area contributed by atoms with E-state index in [2.05, 4.69) is 31.0 Å². The summed E-state index contributed by atoms with van der Waals surface area (Å²) in [6.45, 7) is 10.9. The van der Waals surface area contributed by atoms with Crippen LogP contribution in [0.5, 0.6) is 5.75 Å². The quantitative estimate of drug-likeness (QED) is 0.639. The van der Waals surface area contributed by atoms with Crippen LogP contribution in [0.2, 0.25) is 0 Å². The predicted octanol–water partition coefficient (Wildman–Crippen LogP) is 2.76. The van der Waals surface area contributed by atoms with Gasteiger partial charge in [-0.3, -0.25) is 9.69 Å². The Bertz CT molecular complexity index is 1100. The van der Waals surface area contributed by atoms with E-state index in [1.807, 2.05) is 30.3 Å². The molecule has 8 nitrogen and oxygen atoms in total. The highest BCUT2D eigenvalue weighted by molar-refractivity contribution is 5.94. The number of amides is 1. The molecule has 0 saturated carbocycles. The third kappa shape index (κ3) is 4.92. The average Bonchev–Trinajstić information content (AvgIpc) is 3.24. The zero-order valence-corrected chi connectivity index (χ0v) is 19.2. The first-order valence-corrected chi connectivity index (χ1v) is 11.0. The highest BCUT2D eigenvalue weighted by Gasteiger charge is 2.22. The number of carbonyl (C=O) groups is 1. The van der Waals surface area contributed by atoms with Crippen molar-refractivity contribution in [1.82, 2.24) is 24.8 Å². The summed E-state index contributed by atoms with van der Waals surface area (Å²) in [6, 6.07) is 11.4. The SMILES string of the molecule is COc1cccc(-c2cc(C(=O)NCCN3CCOCC3)n3nc(C(C)(C)C)cc3n2)c1. The van der Waals surface area contributed by atoms with Crippen LogP contribution >= 0.6 is 0 Å². The Kier molecular flexibility index (Phi) is 6.43. The monoisotopic (exact) mass is 437 g/mol. The Labute approximate surface area is 188 Å². The highest BCUT2D eigenvalue weighted by Crippen LogP contribution is 2.26. The van der Waals surface area contributed by atoms with Crippen molar-refractivity contribution in [2.45, 2.75) is 26.2 Å². The van der Waals surface area contributed by atoms with Crippen molar-refractivity contribution in [3.8, 4) is 17.0 Å². The van der Waals surface area contributed by atoms with Crippen molar-refractivity contribution in [2.24, 2.45) is 0 Å². The fraction of sp³-hybridized carbons (Fsp3) is 0.458. The van der Waals surface area contributed by atoms with E-state index in [0.29, 0.717) is 23.6 Å². The summed E-state index contributed by atoms with van der Waals surface area (Å²) in [5, 5.41) is 7.77. The van der Waals surface area contributed by atoms with Crippen LogP contribution in [-0.4, -0.2) is 71.9 Å². The highest BCUT2D eigenvalue weighted by atomic mass is 16.5. The second-order valence-electron chi connectivity index (χ2n) is 9.02. The minimum atomic E-state index is -0.168. The molecule has 0 radical (unpaired) electrons. The summed E-state index contributed by atoms with van der Waals surface area (Å²) < 4.78 is 12.4. The molecule has 1 aromatic carbocycles. The van der Waals surface area contributed by atoms with Gasteiger partial charge in [-0.15, -0.1) is 0 Å². The largest absolute Gasteiger partial charge is 0.497 e. The zero-order valence-electron chi connectivity index (χ0n) is 19.2. The van der Waals surface area contributed by atoms with E-state index in [1.54, 1.807) is 17.7 Å². The number of fused-ring (bicyclic) bond motifs is 1. The number of nitrogens with zero attached hydrogens (tertiary/aromatic N) is 4. The van der Waals surface area contributed by atoms with E-state index in [9.17, 15) is 4.79 Å². The van der Waals surface area contributed by atoms with Crippen molar-refractivity contribution >= 4 is 11.6 Å². The summed E-state index contributed by atoms with van der Waals surface area (Å²) in [4.78, 5) is 20.3. The number of hydrogen-bond acceptors (Lipinski definition) is 6. The van der Waals surface area contributed by atoms with Crippen molar-refractivity contribution in [2.75, 3.05) is 46.5 Å². The van der Waals surface area contributed by atoms with Gasteiger partial charge in [0.15, 0.2) is 5.65 Å². The summed E-state index contributed by atoms with van der Waals surface area (Å²) in [7, 11) is 1.63. The van der Waals surface area contributed by atoms with Gasteiger partial charge in [0.25, 0.3) is 5.91 Å². The molecule has 1 fully saturated rings. The molecule has 0 bridgehead atoms. The van der Waals surface area contributed by atoms with Gasteiger partial charge in [0.2, 0.25) is 0 Å². The summed E-state index contributed by atoms with van der Waals surface area (Å²) in [6.07, 6.45) is 0. The van der Waals surface area contributed by atoms with E-state index in [-0.39, 0.29) is 11.3 Å². The van der Waals surface area contributed by atoms with Crippen molar-refractivity contribution < 1.29 is 14.3 Å². The lowest BCUT2D eigenvalue weighted by Crippen LogP contribution is -2.41. The Morgan fingerprint density at radius 2 is 1.97 bits per heavy atom. The molecule has 8 heteroatoms. The molecule has 0 unspecified atom stereocenters. The van der Waals surface area contributed by atoms with Gasteiger partial charge in [-0.25, -0.2) is 9.50 Å². The maximum atomic E-state index is 13.2. The Hall–Kier alpha value is -2.97. The lowest BCUT2D eigenvalue weighted by atomic mass is 9.93. The second kappa shape index (κ2) is 9.26. The molecule has 4 rings (SSSR count). The van der Waals surface area contributed by atoms with Crippen LogP contribution in [0.3, 0.4) is 0 Å². The van der Waals surface area contributed by atoms with E-state index in [4.69, 9.17) is 19.6 Å². The fourth-order valence-corrected chi connectivity index (χ4v) is 3.68. The minimum Gasteiger partial charge on any atom is -0.497 e. The van der Waals surface area contributed by atoms with Gasteiger partial charge >= 0.3 is 0 Å². The molecule has 1 aliphatic rings. The Balaban J connectivity index is 1.66. The smallest absolute Gasteiger partial charge is 0.270 e. The van der Waals surface area contributed by atoms with Crippen LogP contribution in [0.1, 0.15) is 37.0 Å². The number of rotatable bonds is 6. The van der Waals surface area contributed by atoms with Gasteiger partial charge in [0, 0.05) is 43.2 Å². The molecule has 170 valence electrons. The number of methoxy groups -OCH3 is 1. The topological polar surface area (TPSA) is 81.0 Å². The molecule has 1 amide bonds. The van der Waals surface area contributed by atoms with Crippen molar-refractivity contribution in [3.63, 3.8) is 0 Å². The molecule has 32 heavy (non-hydrogen) atoms. The normalized spacial score (nSPS) is 15.1. The lowest BCUT2D eigenvalue weighted by Gasteiger charge is -2.26. The maximum Gasteiger partial charge on any atom is 0.270 e. The van der Waals surface area contributed by atoms with E-state index < -0.39 is 0 Å². The van der Waals surface area contributed by atoms with Crippen molar-refractivity contribution in [3.05, 3.63) is 47.8 Å². The standard InChI is InChI=1S/C24H31N5O3/c1-24(2,3)21-16-22-26-19(17-6-5-7-18(14-17)31-4)15-20(29(22)27-21)23(30)25-8-9-28-10-12-32-13-11-28/h5-7,14-16H,8-13H2,1-4H3,(H,25,30). The first kappa shape index (κ1) is 22.2. The van der Waals surface area contributed by atoms with Crippen LogP contribution in [-0.2, 0) is 10.2 Å². The first-order valence-electron chi connectivity index (χ1n) is 11.0. The number of aromatic nitrogens is 3. The summed E-state index contributed by atoms with van der Waals surface area (Å²) in [5.41, 5.74) is 3.42. The predicted molar refractivity (Wildman–Crippen MR) is 123 cm³/mol. The van der Waals surface area contributed by atoms with Gasteiger partial charge in [0.1, 0.15) is 11.4 Å². The molecule has 3 heterocycles. The average molecular weight is 438 g/mol. The van der Waals surface area contributed by atoms with Gasteiger partial charge in [0.05, 0.1) is 31.7 Å². The van der Waals surface area contributed by atoms with Gasteiger partial charge in [-0.05, 0) is 18.2 Å². The molecule has 0 atom stereocenters. The molecule has 0 aliphatic carbocycles. The molecule has 3 aromatic rings. The number of benzene rings is 1. The van der Waals surface area contributed by atoms with E-state index in [0.717, 1.165) is 49.9 Å². The first-order chi connectivity index (χ1) is 15.3. The molecular formula is C24H31N5O3. The van der Waals surface area contributed by atoms with Crippen LogP contribution in [0, 0.1) is 0 Å². The number of morpholine rings is 1. The lowest BCUT2D eigenvalue weighted by molar-refractivity contribution is 0.0383. The van der Waals surface area contributed by atoms with E-state index in [1.165, 1.54) is 0 Å². The zero-order chi connectivity index (χ0) is 22.7. The molecule has 2 aromatic heterocycles. The molecule has 1 N–H and O–H groups in total. The van der Waals surface area contributed by atoms with Crippen LogP contribution < -0.4 is 10.1 Å². The van der Waals surface area contributed by atoms with E-state index >= 15 is 0 Å². The van der Waals surface area contributed by atoms with Crippen LogP contribution in [0.4, 0.5) is 0 Å². The van der Waals surface area contributed by atoms with Crippen LogP contribution in [0.25, 0.3) is 16.9 Å². The molecular weight excluding hydrogens is 406 g/mol. The summed E-state index contributed by atoms with van der Waals surface area (Å²) >= 11 is 0. The number of carbonyl (C=O) groups excluding carboxylic acids is 1. The van der Waals surface area contributed by atoms with Gasteiger partial charge in [-0.1, -0.05) is 32.9 Å². The maximum absolute atomic E-state index is 13.2. The summed E-state index contributed by atoms with van der Waals surface area (Å²) in [5.74, 6) is 0.572. The number of ether oxygens (including phenoxy) is 2. The van der Waals surface area contributed by atoms with Crippen LogP contribution in [0.15, 0.2) is 36.4 Å². The fourth-order valence-electron chi connectivity index (χ4n) is 3.68. The van der Waals surface area contributed by atoms with Gasteiger partial charge in [-0.2, -0.15) is 5.10 Å². The number of hydrogen-bond donors (Lipinski definition) is 1. The molecule has 1 saturated heterocycles.